The third-order valence-corrected chi connectivity index (χ3v) is 4.78. The minimum absolute atomic E-state index is 0.304. The van der Waals surface area contributed by atoms with Gasteiger partial charge in [0.15, 0.2) is 0 Å². The fourth-order valence-electron chi connectivity index (χ4n) is 4.20. The van der Waals surface area contributed by atoms with Gasteiger partial charge >= 0.3 is 0 Å². The van der Waals surface area contributed by atoms with E-state index in [2.05, 4.69) is 13.5 Å². The Hall–Kier alpha value is -0.300. The monoisotopic (exact) mass is 177 g/mol. The van der Waals surface area contributed by atoms with Gasteiger partial charge in [-0.05, 0) is 55.8 Å². The smallest absolute Gasteiger partial charge is 0.0282 e. The number of nitrogens with two attached hydrogens (primary N) is 1. The first kappa shape index (κ1) is 8.05. The molecule has 3 aliphatic carbocycles. The highest BCUT2D eigenvalue weighted by molar-refractivity contribution is 5.20. The van der Waals surface area contributed by atoms with Crippen molar-refractivity contribution in [2.75, 3.05) is 0 Å². The molecule has 0 aliphatic heterocycles. The van der Waals surface area contributed by atoms with Crippen LogP contribution in [0.3, 0.4) is 0 Å². The zero-order valence-electron chi connectivity index (χ0n) is 8.37. The maximum atomic E-state index is 6.16. The fraction of sp³-hybridized carbons (Fsp3) is 0.833. The van der Waals surface area contributed by atoms with Crippen LogP contribution in [0.4, 0.5) is 0 Å². The molecule has 5 unspecified atom stereocenters. The van der Waals surface area contributed by atoms with Crippen LogP contribution in [-0.2, 0) is 0 Å². The Bertz CT molecular complexity index is 242. The van der Waals surface area contributed by atoms with Crippen LogP contribution in [0.15, 0.2) is 12.2 Å². The SMILES string of the molecule is C=C(C)C(N)C1C2C3CCC(C3)C21. The van der Waals surface area contributed by atoms with Crippen LogP contribution < -0.4 is 5.73 Å². The van der Waals surface area contributed by atoms with E-state index < -0.39 is 0 Å². The van der Waals surface area contributed by atoms with Crippen LogP contribution in [0.1, 0.15) is 26.2 Å². The molecule has 2 N–H and O–H groups in total. The van der Waals surface area contributed by atoms with Crippen LogP contribution in [0.2, 0.25) is 0 Å². The summed E-state index contributed by atoms with van der Waals surface area (Å²) < 4.78 is 0. The summed E-state index contributed by atoms with van der Waals surface area (Å²) in [6.45, 7) is 6.07. The van der Waals surface area contributed by atoms with Crippen LogP contribution in [-0.4, -0.2) is 6.04 Å². The lowest BCUT2D eigenvalue weighted by Crippen LogP contribution is -2.26. The Morgan fingerprint density at radius 3 is 2.31 bits per heavy atom. The van der Waals surface area contributed by atoms with Gasteiger partial charge < -0.3 is 5.73 Å². The molecular formula is C12H19N. The van der Waals surface area contributed by atoms with E-state index >= 15 is 0 Å². The van der Waals surface area contributed by atoms with Gasteiger partial charge in [0.2, 0.25) is 0 Å². The number of rotatable bonds is 2. The Kier molecular flexibility index (Phi) is 1.48. The van der Waals surface area contributed by atoms with Crippen molar-refractivity contribution in [3.05, 3.63) is 12.2 Å². The number of hydrogen-bond acceptors (Lipinski definition) is 1. The molecule has 5 atom stereocenters. The van der Waals surface area contributed by atoms with Gasteiger partial charge in [-0.25, -0.2) is 0 Å². The number of fused-ring (bicyclic) bond motifs is 5. The van der Waals surface area contributed by atoms with Crippen molar-refractivity contribution in [1.29, 1.82) is 0 Å². The second kappa shape index (κ2) is 2.38. The molecule has 13 heavy (non-hydrogen) atoms. The maximum absolute atomic E-state index is 6.16. The van der Waals surface area contributed by atoms with Crippen molar-refractivity contribution in [3.63, 3.8) is 0 Å². The fourth-order valence-corrected chi connectivity index (χ4v) is 4.20. The topological polar surface area (TPSA) is 26.0 Å². The molecule has 0 aromatic carbocycles. The summed E-state index contributed by atoms with van der Waals surface area (Å²) >= 11 is 0. The Labute approximate surface area is 80.4 Å². The average Bonchev–Trinajstić information content (AvgIpc) is 2.52. The molecule has 1 heteroatoms. The van der Waals surface area contributed by atoms with Crippen LogP contribution in [0.5, 0.6) is 0 Å². The molecule has 0 radical (unpaired) electrons. The van der Waals surface area contributed by atoms with Crippen LogP contribution >= 0.6 is 0 Å². The molecule has 0 amide bonds. The van der Waals surface area contributed by atoms with Gasteiger partial charge in [-0.2, -0.15) is 0 Å². The quantitative estimate of drug-likeness (QED) is 0.643. The molecular weight excluding hydrogens is 158 g/mol. The predicted octanol–water partition coefficient (Wildman–Crippen LogP) is 2.18. The van der Waals surface area contributed by atoms with E-state index in [4.69, 9.17) is 5.73 Å². The van der Waals surface area contributed by atoms with E-state index in [9.17, 15) is 0 Å². The van der Waals surface area contributed by atoms with Gasteiger partial charge in [0.25, 0.3) is 0 Å². The Balaban J connectivity index is 1.76. The molecule has 0 spiro atoms. The van der Waals surface area contributed by atoms with Gasteiger partial charge in [0.1, 0.15) is 0 Å². The van der Waals surface area contributed by atoms with Gasteiger partial charge in [-0.15, -0.1) is 0 Å². The molecule has 0 heterocycles. The standard InChI is InChI=1S/C12H19N/c1-6(2)12(13)11-9-7-3-4-8(5-7)10(9)11/h7-12H,1,3-5,13H2,2H3. The molecule has 2 bridgehead atoms. The average molecular weight is 177 g/mol. The van der Waals surface area contributed by atoms with Gasteiger partial charge in [-0.3, -0.25) is 0 Å². The molecule has 0 saturated heterocycles. The van der Waals surface area contributed by atoms with Crippen molar-refractivity contribution < 1.29 is 0 Å². The van der Waals surface area contributed by atoms with E-state index in [0.717, 1.165) is 29.6 Å². The van der Waals surface area contributed by atoms with Crippen molar-refractivity contribution in [2.45, 2.75) is 32.2 Å². The lowest BCUT2D eigenvalue weighted by atomic mass is 9.95. The zero-order valence-corrected chi connectivity index (χ0v) is 8.37. The third-order valence-electron chi connectivity index (χ3n) is 4.78. The second-order valence-corrected chi connectivity index (χ2v) is 5.44. The highest BCUT2D eigenvalue weighted by atomic mass is 14.8. The molecule has 3 rings (SSSR count). The normalized spacial score (nSPS) is 53.2. The molecule has 3 aliphatic rings. The van der Waals surface area contributed by atoms with Gasteiger partial charge in [-0.1, -0.05) is 12.2 Å². The second-order valence-electron chi connectivity index (χ2n) is 5.44. The van der Waals surface area contributed by atoms with Crippen molar-refractivity contribution >= 4 is 0 Å². The summed E-state index contributed by atoms with van der Waals surface area (Å²) in [5, 5.41) is 0. The molecule has 0 aromatic rings. The van der Waals surface area contributed by atoms with E-state index in [0.29, 0.717) is 6.04 Å². The lowest BCUT2D eigenvalue weighted by molar-refractivity contribution is 0.433. The zero-order chi connectivity index (χ0) is 9.16. The third kappa shape index (κ3) is 0.914. The summed E-state index contributed by atoms with van der Waals surface area (Å²) in [5.41, 5.74) is 7.36. The molecule has 1 nitrogen and oxygen atoms in total. The van der Waals surface area contributed by atoms with Crippen molar-refractivity contribution in [3.8, 4) is 0 Å². The predicted molar refractivity (Wildman–Crippen MR) is 54.1 cm³/mol. The largest absolute Gasteiger partial charge is 0.324 e. The van der Waals surface area contributed by atoms with Gasteiger partial charge in [0.05, 0.1) is 0 Å². The van der Waals surface area contributed by atoms with Crippen LogP contribution in [0.25, 0.3) is 0 Å². The van der Waals surface area contributed by atoms with E-state index in [1.165, 1.54) is 24.8 Å². The highest BCUT2D eigenvalue weighted by Gasteiger charge is 2.66. The van der Waals surface area contributed by atoms with Crippen molar-refractivity contribution in [2.24, 2.45) is 35.3 Å². The first-order chi connectivity index (χ1) is 6.20. The molecule has 3 fully saturated rings. The van der Waals surface area contributed by atoms with Crippen LogP contribution in [0, 0.1) is 29.6 Å². The first-order valence-electron chi connectivity index (χ1n) is 5.61. The van der Waals surface area contributed by atoms with E-state index in [-0.39, 0.29) is 0 Å². The summed E-state index contributed by atoms with van der Waals surface area (Å²) in [7, 11) is 0. The number of hydrogen-bond donors (Lipinski definition) is 1. The molecule has 0 aromatic heterocycles. The molecule has 72 valence electrons. The minimum Gasteiger partial charge on any atom is -0.324 e. The summed E-state index contributed by atoms with van der Waals surface area (Å²) in [6.07, 6.45) is 4.51. The first-order valence-corrected chi connectivity index (χ1v) is 5.61. The summed E-state index contributed by atoms with van der Waals surface area (Å²) in [6, 6.07) is 0.304. The van der Waals surface area contributed by atoms with Gasteiger partial charge in [0, 0.05) is 6.04 Å². The summed E-state index contributed by atoms with van der Waals surface area (Å²) in [4.78, 5) is 0. The Morgan fingerprint density at radius 1 is 1.31 bits per heavy atom. The van der Waals surface area contributed by atoms with E-state index in [1.54, 1.807) is 0 Å². The summed E-state index contributed by atoms with van der Waals surface area (Å²) in [5.74, 6) is 4.93. The van der Waals surface area contributed by atoms with E-state index in [1.807, 2.05) is 0 Å². The lowest BCUT2D eigenvalue weighted by Gasteiger charge is -2.15. The molecule has 3 saturated carbocycles. The maximum Gasteiger partial charge on any atom is 0.0282 e. The highest BCUT2D eigenvalue weighted by Crippen LogP contribution is 2.70. The van der Waals surface area contributed by atoms with Crippen molar-refractivity contribution in [1.82, 2.24) is 0 Å². The Morgan fingerprint density at radius 2 is 1.85 bits per heavy atom. The minimum atomic E-state index is 0.304.